The van der Waals surface area contributed by atoms with Gasteiger partial charge in [0.25, 0.3) is 0 Å². The fourth-order valence-corrected chi connectivity index (χ4v) is 1.58. The first-order valence-electron chi connectivity index (χ1n) is 4.82. The molecule has 0 aromatic heterocycles. The Morgan fingerprint density at radius 3 is 2.65 bits per heavy atom. The molecular weight excluding hydrogens is 224 g/mol. The summed E-state index contributed by atoms with van der Waals surface area (Å²) >= 11 is 0. The number of aromatic hydroxyl groups is 2. The second kappa shape index (κ2) is 4.31. The average molecular weight is 234 g/mol. The first kappa shape index (κ1) is 11.2. The first-order valence-corrected chi connectivity index (χ1v) is 4.82. The third-order valence-corrected chi connectivity index (χ3v) is 2.31. The van der Waals surface area contributed by atoms with E-state index < -0.39 is 5.97 Å². The highest BCUT2D eigenvalue weighted by Crippen LogP contribution is 2.29. The van der Waals surface area contributed by atoms with Crippen molar-refractivity contribution in [3.05, 3.63) is 35.9 Å². The zero-order chi connectivity index (χ0) is 12.4. The Morgan fingerprint density at radius 2 is 1.94 bits per heavy atom. The second-order valence-corrected chi connectivity index (χ2v) is 3.44. The fourth-order valence-electron chi connectivity index (χ4n) is 1.58. The molecule has 0 aliphatic carbocycles. The fraction of sp³-hybridized carbons (Fsp3) is 0.0833. The number of hydrogen-bond donors (Lipinski definition) is 2. The normalized spacial score (nSPS) is 10.4. The van der Waals surface area contributed by atoms with E-state index in [0.717, 1.165) is 0 Å². The molecule has 0 aliphatic heterocycles. The lowest BCUT2D eigenvalue weighted by Gasteiger charge is -2.05. The predicted octanol–water partition coefficient (Wildman–Crippen LogP) is 1.97. The first-order chi connectivity index (χ1) is 8.11. The van der Waals surface area contributed by atoms with Crippen LogP contribution in [0.1, 0.15) is 10.4 Å². The van der Waals surface area contributed by atoms with Crippen LogP contribution < -0.4 is 0 Å². The highest BCUT2D eigenvalue weighted by molar-refractivity contribution is 5.98. The van der Waals surface area contributed by atoms with Crippen LogP contribution in [0.3, 0.4) is 0 Å². The van der Waals surface area contributed by atoms with Crippen LogP contribution in [0, 0.1) is 0 Å². The number of phenols is 2. The standard InChI is InChI=1S/C12H10O5/c1-16-17-12(15)8-4-7-5-9(13)2-3-10(7)11(14)6-8/h2-6,13-14H,1H3. The SMILES string of the molecule is COOC(=O)c1cc(O)c2ccc(O)cc2c1. The van der Waals surface area contributed by atoms with Crippen LogP contribution in [-0.2, 0) is 9.78 Å². The quantitative estimate of drug-likeness (QED) is 0.613. The number of rotatable bonds is 2. The number of fused-ring (bicyclic) bond motifs is 1. The topological polar surface area (TPSA) is 76.0 Å². The summed E-state index contributed by atoms with van der Waals surface area (Å²) in [5, 5.41) is 20.1. The van der Waals surface area contributed by atoms with E-state index in [4.69, 9.17) is 0 Å². The third-order valence-electron chi connectivity index (χ3n) is 2.31. The van der Waals surface area contributed by atoms with Gasteiger partial charge in [-0.05, 0) is 35.7 Å². The minimum Gasteiger partial charge on any atom is -0.508 e. The van der Waals surface area contributed by atoms with Crippen molar-refractivity contribution in [2.75, 3.05) is 7.11 Å². The molecule has 2 aromatic carbocycles. The smallest absolute Gasteiger partial charge is 0.373 e. The molecule has 0 fully saturated rings. The van der Waals surface area contributed by atoms with Crippen LogP contribution in [0.25, 0.3) is 10.8 Å². The van der Waals surface area contributed by atoms with Gasteiger partial charge in [-0.25, -0.2) is 4.79 Å². The molecule has 0 aliphatic rings. The zero-order valence-corrected chi connectivity index (χ0v) is 9.01. The van der Waals surface area contributed by atoms with Crippen LogP contribution in [0.15, 0.2) is 30.3 Å². The molecule has 2 aromatic rings. The van der Waals surface area contributed by atoms with Gasteiger partial charge in [0.05, 0.1) is 12.7 Å². The third kappa shape index (κ3) is 2.14. The Morgan fingerprint density at radius 1 is 1.18 bits per heavy atom. The molecule has 88 valence electrons. The average Bonchev–Trinajstić information content (AvgIpc) is 2.28. The van der Waals surface area contributed by atoms with E-state index in [2.05, 4.69) is 9.78 Å². The van der Waals surface area contributed by atoms with Gasteiger partial charge in [-0.2, -0.15) is 4.89 Å². The maximum Gasteiger partial charge on any atom is 0.373 e. The zero-order valence-electron chi connectivity index (χ0n) is 9.01. The largest absolute Gasteiger partial charge is 0.508 e. The van der Waals surface area contributed by atoms with Crippen molar-refractivity contribution in [1.29, 1.82) is 0 Å². The molecule has 2 rings (SSSR count). The van der Waals surface area contributed by atoms with E-state index in [0.29, 0.717) is 10.8 Å². The summed E-state index contributed by atoms with van der Waals surface area (Å²) in [7, 11) is 1.21. The Hall–Kier alpha value is -2.27. The number of benzene rings is 2. The van der Waals surface area contributed by atoms with Crippen molar-refractivity contribution in [3.63, 3.8) is 0 Å². The van der Waals surface area contributed by atoms with Crippen LogP contribution in [0.4, 0.5) is 0 Å². The van der Waals surface area contributed by atoms with E-state index in [9.17, 15) is 15.0 Å². The lowest BCUT2D eigenvalue weighted by molar-refractivity contribution is -0.216. The lowest BCUT2D eigenvalue weighted by Crippen LogP contribution is -2.03. The van der Waals surface area contributed by atoms with Crippen molar-refractivity contribution < 1.29 is 24.8 Å². The molecule has 2 N–H and O–H groups in total. The highest BCUT2D eigenvalue weighted by atomic mass is 17.2. The van der Waals surface area contributed by atoms with Gasteiger partial charge < -0.3 is 10.2 Å². The molecule has 0 bridgehead atoms. The van der Waals surface area contributed by atoms with Gasteiger partial charge in [0.1, 0.15) is 11.5 Å². The second-order valence-electron chi connectivity index (χ2n) is 3.44. The molecule has 0 unspecified atom stereocenters. The van der Waals surface area contributed by atoms with Crippen LogP contribution >= 0.6 is 0 Å². The summed E-state index contributed by atoms with van der Waals surface area (Å²) in [5.41, 5.74) is 0.141. The van der Waals surface area contributed by atoms with Crippen LogP contribution in [0.2, 0.25) is 0 Å². The maximum atomic E-state index is 11.4. The van der Waals surface area contributed by atoms with Crippen molar-refractivity contribution in [3.8, 4) is 11.5 Å². The molecular formula is C12H10O5. The molecule has 0 radical (unpaired) electrons. The van der Waals surface area contributed by atoms with Gasteiger partial charge in [-0.3, -0.25) is 4.89 Å². The summed E-state index contributed by atoms with van der Waals surface area (Å²) < 4.78 is 0. The number of carbonyl (C=O) groups excluding carboxylic acids is 1. The number of phenolic OH excluding ortho intramolecular Hbond substituents is 2. The lowest BCUT2D eigenvalue weighted by atomic mass is 10.1. The minimum absolute atomic E-state index is 0.0501. The molecule has 0 heterocycles. The summed E-state index contributed by atoms with van der Waals surface area (Å²) in [6.45, 7) is 0. The molecule has 0 saturated heterocycles. The monoisotopic (exact) mass is 234 g/mol. The van der Waals surface area contributed by atoms with Gasteiger partial charge in [-0.1, -0.05) is 0 Å². The van der Waals surface area contributed by atoms with E-state index >= 15 is 0 Å². The maximum absolute atomic E-state index is 11.4. The Kier molecular flexibility index (Phi) is 2.84. The highest BCUT2D eigenvalue weighted by Gasteiger charge is 2.12. The molecule has 0 amide bonds. The Balaban J connectivity index is 2.57. The van der Waals surface area contributed by atoms with E-state index in [1.165, 1.54) is 31.4 Å². The van der Waals surface area contributed by atoms with Crippen molar-refractivity contribution in [2.45, 2.75) is 0 Å². The Bertz CT molecular complexity index is 576. The van der Waals surface area contributed by atoms with Gasteiger partial charge >= 0.3 is 5.97 Å². The molecule has 0 spiro atoms. The molecule has 5 nitrogen and oxygen atoms in total. The summed E-state index contributed by atoms with van der Waals surface area (Å²) in [4.78, 5) is 20.0. The number of carbonyl (C=O) groups is 1. The van der Waals surface area contributed by atoms with Crippen LogP contribution in [-0.4, -0.2) is 23.3 Å². The van der Waals surface area contributed by atoms with Gasteiger partial charge in [0.15, 0.2) is 0 Å². The molecule has 0 saturated carbocycles. The summed E-state index contributed by atoms with van der Waals surface area (Å²) in [5.74, 6) is -0.729. The minimum atomic E-state index is -0.715. The molecule has 17 heavy (non-hydrogen) atoms. The van der Waals surface area contributed by atoms with Crippen molar-refractivity contribution in [1.82, 2.24) is 0 Å². The molecule has 0 atom stereocenters. The van der Waals surface area contributed by atoms with Crippen molar-refractivity contribution >= 4 is 16.7 Å². The van der Waals surface area contributed by atoms with Gasteiger partial charge in [-0.15, -0.1) is 0 Å². The predicted molar refractivity (Wildman–Crippen MR) is 59.7 cm³/mol. The van der Waals surface area contributed by atoms with Gasteiger partial charge in [0.2, 0.25) is 0 Å². The summed E-state index contributed by atoms with van der Waals surface area (Å²) in [6.07, 6.45) is 0. The van der Waals surface area contributed by atoms with E-state index in [1.807, 2.05) is 0 Å². The van der Waals surface area contributed by atoms with Gasteiger partial charge in [0, 0.05) is 5.39 Å². The molecule has 5 heteroatoms. The Labute approximate surface area is 96.7 Å². The number of hydrogen-bond acceptors (Lipinski definition) is 5. The summed E-state index contributed by atoms with van der Waals surface area (Å²) in [6, 6.07) is 7.23. The van der Waals surface area contributed by atoms with Crippen LogP contribution in [0.5, 0.6) is 11.5 Å². The van der Waals surface area contributed by atoms with E-state index in [1.54, 1.807) is 6.07 Å². The van der Waals surface area contributed by atoms with Crippen molar-refractivity contribution in [2.24, 2.45) is 0 Å². The van der Waals surface area contributed by atoms with E-state index in [-0.39, 0.29) is 17.1 Å².